The van der Waals surface area contributed by atoms with E-state index in [0.29, 0.717) is 17.9 Å². The molecular weight excluding hydrogens is 318 g/mol. The molecule has 0 aliphatic heterocycles. The van der Waals surface area contributed by atoms with Gasteiger partial charge in [0.2, 0.25) is 0 Å². The molecule has 0 spiro atoms. The van der Waals surface area contributed by atoms with Crippen LogP contribution in [-0.2, 0) is 11.9 Å². The second-order valence-corrected chi connectivity index (χ2v) is 5.41. The zero-order chi connectivity index (χ0) is 14.7. The molecule has 1 N–H and O–H groups in total. The standard InChI is InChI=1S/C16H18BrNO2/c1-10-11(2)20-12(3)15(10)16(19)18-9-14-6-4-5-13(7-14)8-17/h4-7H,8-9H2,1-3H3,(H,18,19). The number of alkyl halides is 1. The topological polar surface area (TPSA) is 42.2 Å². The van der Waals surface area contributed by atoms with E-state index in [1.165, 1.54) is 5.56 Å². The fraction of sp³-hybridized carbons (Fsp3) is 0.312. The molecule has 0 saturated heterocycles. The molecule has 0 saturated carbocycles. The summed E-state index contributed by atoms with van der Waals surface area (Å²) in [6.45, 7) is 6.12. The van der Waals surface area contributed by atoms with Gasteiger partial charge in [-0.25, -0.2) is 0 Å². The minimum absolute atomic E-state index is 0.0823. The summed E-state index contributed by atoms with van der Waals surface area (Å²) < 4.78 is 5.49. The molecule has 106 valence electrons. The van der Waals surface area contributed by atoms with Gasteiger partial charge >= 0.3 is 0 Å². The Balaban J connectivity index is 2.08. The van der Waals surface area contributed by atoms with Crippen molar-refractivity contribution in [1.82, 2.24) is 5.32 Å². The Labute approximate surface area is 127 Å². The van der Waals surface area contributed by atoms with Gasteiger partial charge in [-0.2, -0.15) is 0 Å². The number of hydrogen-bond donors (Lipinski definition) is 1. The molecule has 1 aromatic carbocycles. The fourth-order valence-corrected chi connectivity index (χ4v) is 2.57. The van der Waals surface area contributed by atoms with Gasteiger partial charge in [0.15, 0.2) is 0 Å². The Kier molecular flexibility index (Phi) is 4.65. The van der Waals surface area contributed by atoms with Crippen molar-refractivity contribution >= 4 is 21.8 Å². The molecule has 0 unspecified atom stereocenters. The third kappa shape index (κ3) is 3.12. The van der Waals surface area contributed by atoms with Crippen molar-refractivity contribution in [2.45, 2.75) is 32.6 Å². The van der Waals surface area contributed by atoms with Gasteiger partial charge in [-0.15, -0.1) is 0 Å². The lowest BCUT2D eigenvalue weighted by Gasteiger charge is -2.07. The molecule has 1 aromatic heterocycles. The van der Waals surface area contributed by atoms with Crippen LogP contribution in [-0.4, -0.2) is 5.91 Å². The first kappa shape index (κ1) is 14.9. The normalized spacial score (nSPS) is 10.6. The molecule has 0 bridgehead atoms. The minimum atomic E-state index is -0.0823. The Bertz CT molecular complexity index is 631. The van der Waals surface area contributed by atoms with Crippen LogP contribution in [0.15, 0.2) is 28.7 Å². The van der Waals surface area contributed by atoms with E-state index in [9.17, 15) is 4.79 Å². The van der Waals surface area contributed by atoms with Crippen molar-refractivity contribution in [2.24, 2.45) is 0 Å². The number of aryl methyl sites for hydroxylation is 2. The second kappa shape index (κ2) is 6.27. The maximum Gasteiger partial charge on any atom is 0.255 e. The summed E-state index contributed by atoms with van der Waals surface area (Å²) in [5.41, 5.74) is 3.85. The summed E-state index contributed by atoms with van der Waals surface area (Å²) in [7, 11) is 0. The third-order valence-corrected chi connectivity index (χ3v) is 4.03. The molecule has 0 radical (unpaired) electrons. The molecule has 0 aliphatic rings. The molecular formula is C16H18BrNO2. The number of hydrogen-bond acceptors (Lipinski definition) is 2. The molecule has 0 aliphatic carbocycles. The number of amides is 1. The smallest absolute Gasteiger partial charge is 0.255 e. The van der Waals surface area contributed by atoms with E-state index in [-0.39, 0.29) is 5.91 Å². The number of halogens is 1. The number of rotatable bonds is 4. The molecule has 20 heavy (non-hydrogen) atoms. The van der Waals surface area contributed by atoms with Crippen LogP contribution < -0.4 is 5.32 Å². The summed E-state index contributed by atoms with van der Waals surface area (Å²) in [5.74, 6) is 1.39. The number of benzene rings is 1. The third-order valence-electron chi connectivity index (χ3n) is 3.39. The number of carbonyl (C=O) groups is 1. The first-order chi connectivity index (χ1) is 9.52. The Hall–Kier alpha value is -1.55. The summed E-state index contributed by atoms with van der Waals surface area (Å²) in [6, 6.07) is 8.13. The summed E-state index contributed by atoms with van der Waals surface area (Å²) in [5, 5.41) is 3.76. The highest BCUT2D eigenvalue weighted by atomic mass is 79.9. The minimum Gasteiger partial charge on any atom is -0.466 e. The van der Waals surface area contributed by atoms with E-state index in [1.807, 2.05) is 39.0 Å². The molecule has 1 amide bonds. The van der Waals surface area contributed by atoms with E-state index in [2.05, 4.69) is 27.3 Å². The maximum absolute atomic E-state index is 12.2. The van der Waals surface area contributed by atoms with Gasteiger partial charge < -0.3 is 9.73 Å². The largest absolute Gasteiger partial charge is 0.466 e. The molecule has 2 rings (SSSR count). The highest BCUT2D eigenvalue weighted by molar-refractivity contribution is 9.08. The fourth-order valence-electron chi connectivity index (χ4n) is 2.22. The van der Waals surface area contributed by atoms with Gasteiger partial charge in [-0.1, -0.05) is 40.2 Å². The zero-order valence-corrected chi connectivity index (χ0v) is 13.5. The molecule has 1 heterocycles. The van der Waals surface area contributed by atoms with Crippen molar-refractivity contribution in [3.8, 4) is 0 Å². The van der Waals surface area contributed by atoms with Crippen LogP contribution in [0.3, 0.4) is 0 Å². The lowest BCUT2D eigenvalue weighted by molar-refractivity contribution is 0.0949. The van der Waals surface area contributed by atoms with Crippen LogP contribution in [0, 0.1) is 20.8 Å². The molecule has 0 fully saturated rings. The van der Waals surface area contributed by atoms with E-state index in [4.69, 9.17) is 4.42 Å². The number of nitrogens with one attached hydrogen (secondary N) is 1. The van der Waals surface area contributed by atoms with Crippen molar-refractivity contribution in [3.05, 3.63) is 58.0 Å². The van der Waals surface area contributed by atoms with Crippen LogP contribution >= 0.6 is 15.9 Å². The average Bonchev–Trinajstić information content (AvgIpc) is 2.70. The Morgan fingerprint density at radius 1 is 1.20 bits per heavy atom. The van der Waals surface area contributed by atoms with Crippen molar-refractivity contribution < 1.29 is 9.21 Å². The van der Waals surface area contributed by atoms with Crippen LogP contribution in [0.2, 0.25) is 0 Å². The molecule has 2 aromatic rings. The first-order valence-electron chi connectivity index (χ1n) is 6.51. The van der Waals surface area contributed by atoms with E-state index in [0.717, 1.165) is 22.2 Å². The van der Waals surface area contributed by atoms with Crippen LogP contribution in [0.1, 0.15) is 38.6 Å². The average molecular weight is 336 g/mol. The maximum atomic E-state index is 12.2. The van der Waals surface area contributed by atoms with Gasteiger partial charge in [-0.05, 0) is 31.9 Å². The van der Waals surface area contributed by atoms with E-state index in [1.54, 1.807) is 0 Å². The highest BCUT2D eigenvalue weighted by Gasteiger charge is 2.18. The SMILES string of the molecule is Cc1oc(C)c(C(=O)NCc2cccc(CBr)c2)c1C. The van der Waals surface area contributed by atoms with Crippen LogP contribution in [0.25, 0.3) is 0 Å². The second-order valence-electron chi connectivity index (χ2n) is 4.85. The Morgan fingerprint density at radius 3 is 2.50 bits per heavy atom. The molecule has 3 nitrogen and oxygen atoms in total. The lowest BCUT2D eigenvalue weighted by atomic mass is 10.1. The predicted octanol–water partition coefficient (Wildman–Crippen LogP) is 4.03. The summed E-state index contributed by atoms with van der Waals surface area (Å²) >= 11 is 3.43. The molecule has 0 atom stereocenters. The summed E-state index contributed by atoms with van der Waals surface area (Å²) in [6.07, 6.45) is 0. The van der Waals surface area contributed by atoms with Crippen molar-refractivity contribution in [1.29, 1.82) is 0 Å². The number of carbonyl (C=O) groups excluding carboxylic acids is 1. The molecule has 4 heteroatoms. The number of furan rings is 1. The van der Waals surface area contributed by atoms with Crippen molar-refractivity contribution in [3.63, 3.8) is 0 Å². The Morgan fingerprint density at radius 2 is 1.90 bits per heavy atom. The van der Waals surface area contributed by atoms with Gasteiger partial charge in [0.1, 0.15) is 11.5 Å². The van der Waals surface area contributed by atoms with E-state index < -0.39 is 0 Å². The van der Waals surface area contributed by atoms with E-state index >= 15 is 0 Å². The predicted molar refractivity (Wildman–Crippen MR) is 83.2 cm³/mol. The van der Waals surface area contributed by atoms with Crippen LogP contribution in [0.4, 0.5) is 0 Å². The van der Waals surface area contributed by atoms with Gasteiger partial charge in [0.05, 0.1) is 5.56 Å². The quantitative estimate of drug-likeness (QED) is 0.857. The lowest BCUT2D eigenvalue weighted by Crippen LogP contribution is -2.23. The first-order valence-corrected chi connectivity index (χ1v) is 7.63. The van der Waals surface area contributed by atoms with Crippen molar-refractivity contribution in [2.75, 3.05) is 0 Å². The van der Waals surface area contributed by atoms with Gasteiger partial charge in [0.25, 0.3) is 5.91 Å². The monoisotopic (exact) mass is 335 g/mol. The van der Waals surface area contributed by atoms with Crippen LogP contribution in [0.5, 0.6) is 0 Å². The zero-order valence-electron chi connectivity index (χ0n) is 11.9. The highest BCUT2D eigenvalue weighted by Crippen LogP contribution is 2.20. The summed E-state index contributed by atoms with van der Waals surface area (Å²) in [4.78, 5) is 12.2. The van der Waals surface area contributed by atoms with Gasteiger partial charge in [0, 0.05) is 17.4 Å². The van der Waals surface area contributed by atoms with Gasteiger partial charge in [-0.3, -0.25) is 4.79 Å².